The summed E-state index contributed by atoms with van der Waals surface area (Å²) < 4.78 is 4.99. The Morgan fingerprint density at radius 2 is 1.93 bits per heavy atom. The number of halogens is 2. The summed E-state index contributed by atoms with van der Waals surface area (Å²) in [5.74, 6) is -1.32. The minimum atomic E-state index is -0.795. The number of hydrogen-bond donors (Lipinski definition) is 2. The molecule has 9 heteroatoms. The summed E-state index contributed by atoms with van der Waals surface area (Å²) in [6, 6.07) is 10.6. The molecule has 0 bridgehead atoms. The highest BCUT2D eigenvalue weighted by Gasteiger charge is 2.17. The van der Waals surface area contributed by atoms with Gasteiger partial charge < -0.3 is 10.5 Å². The number of anilines is 2. The van der Waals surface area contributed by atoms with Gasteiger partial charge in [-0.3, -0.25) is 10.1 Å². The minimum absolute atomic E-state index is 0.00112. The number of esters is 1. The van der Waals surface area contributed by atoms with Crippen LogP contribution in [0.1, 0.15) is 15.9 Å². The Balaban J connectivity index is 1.59. The number of carbonyl (C=O) groups is 2. The fraction of sp³-hybridized carbons (Fsp3) is 0.105. The van der Waals surface area contributed by atoms with Gasteiger partial charge in [0, 0.05) is 16.0 Å². The number of thiazole rings is 1. The fourth-order valence-electron chi connectivity index (χ4n) is 2.31. The normalized spacial score (nSPS) is 10.5. The standard InChI is InChI=1S/C19H15Cl2N3O3S/c1-10-2-4-11(5-3-10)15-9-28-19(23-15)24-16(25)8-27-18(26)13-6-12(20)7-14(21)17(13)22/h2-7,9H,8,22H2,1H3,(H,23,24,25). The Labute approximate surface area is 175 Å². The Morgan fingerprint density at radius 1 is 1.21 bits per heavy atom. The number of nitrogens with two attached hydrogens (primary N) is 1. The summed E-state index contributed by atoms with van der Waals surface area (Å²) in [6.07, 6.45) is 0. The molecular weight excluding hydrogens is 421 g/mol. The van der Waals surface area contributed by atoms with Gasteiger partial charge in [0.05, 0.1) is 22.0 Å². The number of benzene rings is 2. The first-order valence-electron chi connectivity index (χ1n) is 8.07. The second-order valence-corrected chi connectivity index (χ2v) is 7.58. The molecule has 1 amide bonds. The van der Waals surface area contributed by atoms with Crippen molar-refractivity contribution in [1.82, 2.24) is 4.98 Å². The van der Waals surface area contributed by atoms with E-state index in [2.05, 4.69) is 10.3 Å². The molecule has 0 saturated carbocycles. The van der Waals surface area contributed by atoms with E-state index in [1.54, 1.807) is 0 Å². The number of nitrogens with zero attached hydrogens (tertiary/aromatic N) is 1. The van der Waals surface area contributed by atoms with Crippen molar-refractivity contribution < 1.29 is 14.3 Å². The molecule has 0 radical (unpaired) electrons. The van der Waals surface area contributed by atoms with Gasteiger partial charge in [-0.15, -0.1) is 11.3 Å². The van der Waals surface area contributed by atoms with Crippen molar-refractivity contribution in [2.75, 3.05) is 17.7 Å². The molecule has 0 unspecified atom stereocenters. The van der Waals surface area contributed by atoms with Crippen molar-refractivity contribution in [3.63, 3.8) is 0 Å². The molecular formula is C19H15Cl2N3O3S. The molecule has 0 aliphatic carbocycles. The van der Waals surface area contributed by atoms with Gasteiger partial charge in [-0.1, -0.05) is 53.0 Å². The molecule has 1 heterocycles. The highest BCUT2D eigenvalue weighted by Crippen LogP contribution is 2.28. The van der Waals surface area contributed by atoms with E-state index in [-0.39, 0.29) is 21.3 Å². The second kappa shape index (κ2) is 8.60. The van der Waals surface area contributed by atoms with E-state index >= 15 is 0 Å². The number of hydrogen-bond acceptors (Lipinski definition) is 6. The van der Waals surface area contributed by atoms with Crippen LogP contribution >= 0.6 is 34.5 Å². The molecule has 0 aliphatic rings. The lowest BCUT2D eigenvalue weighted by Gasteiger charge is -2.08. The number of aromatic nitrogens is 1. The fourth-order valence-corrected chi connectivity index (χ4v) is 3.54. The van der Waals surface area contributed by atoms with Crippen LogP contribution in [-0.2, 0) is 9.53 Å². The Kier molecular flexibility index (Phi) is 6.18. The Bertz CT molecular complexity index is 1040. The summed E-state index contributed by atoms with van der Waals surface area (Å²) in [7, 11) is 0. The lowest BCUT2D eigenvalue weighted by molar-refractivity contribution is -0.119. The van der Waals surface area contributed by atoms with E-state index < -0.39 is 18.5 Å². The van der Waals surface area contributed by atoms with E-state index in [9.17, 15) is 9.59 Å². The zero-order chi connectivity index (χ0) is 20.3. The zero-order valence-electron chi connectivity index (χ0n) is 14.7. The molecule has 6 nitrogen and oxygen atoms in total. The van der Waals surface area contributed by atoms with Gasteiger partial charge in [-0.2, -0.15) is 0 Å². The Hall–Kier alpha value is -2.61. The predicted molar refractivity (Wildman–Crippen MR) is 112 cm³/mol. The number of nitrogens with one attached hydrogen (secondary N) is 1. The molecule has 0 aliphatic heterocycles. The predicted octanol–water partition coefficient (Wildman–Crippen LogP) is 4.80. The average molecular weight is 436 g/mol. The Morgan fingerprint density at radius 3 is 2.64 bits per heavy atom. The monoisotopic (exact) mass is 435 g/mol. The number of rotatable bonds is 5. The zero-order valence-corrected chi connectivity index (χ0v) is 17.0. The number of carbonyl (C=O) groups excluding carboxylic acids is 2. The van der Waals surface area contributed by atoms with Crippen LogP contribution in [0.25, 0.3) is 11.3 Å². The molecule has 0 saturated heterocycles. The first-order chi connectivity index (χ1) is 13.3. The third-order valence-corrected chi connectivity index (χ3v) is 5.04. The van der Waals surface area contributed by atoms with E-state index in [4.69, 9.17) is 33.7 Å². The largest absolute Gasteiger partial charge is 0.452 e. The molecule has 1 aromatic heterocycles. The maximum absolute atomic E-state index is 12.1. The van der Waals surface area contributed by atoms with E-state index in [0.29, 0.717) is 5.13 Å². The van der Waals surface area contributed by atoms with Gasteiger partial charge in [0.1, 0.15) is 0 Å². The molecule has 28 heavy (non-hydrogen) atoms. The van der Waals surface area contributed by atoms with Crippen molar-refractivity contribution in [2.45, 2.75) is 6.92 Å². The van der Waals surface area contributed by atoms with E-state index in [1.165, 1.54) is 23.5 Å². The topological polar surface area (TPSA) is 94.3 Å². The minimum Gasteiger partial charge on any atom is -0.452 e. The maximum Gasteiger partial charge on any atom is 0.340 e. The second-order valence-electron chi connectivity index (χ2n) is 5.88. The van der Waals surface area contributed by atoms with Gasteiger partial charge in [0.2, 0.25) is 0 Å². The summed E-state index contributed by atoms with van der Waals surface area (Å²) in [5.41, 5.74) is 8.64. The van der Waals surface area contributed by atoms with Gasteiger partial charge in [0.15, 0.2) is 11.7 Å². The highest BCUT2D eigenvalue weighted by molar-refractivity contribution is 7.14. The molecule has 3 aromatic rings. The third kappa shape index (κ3) is 4.81. The van der Waals surface area contributed by atoms with Crippen LogP contribution in [0.2, 0.25) is 10.0 Å². The van der Waals surface area contributed by atoms with Crippen LogP contribution in [0.3, 0.4) is 0 Å². The summed E-state index contributed by atoms with van der Waals surface area (Å²) in [5, 5.41) is 5.21. The highest BCUT2D eigenvalue weighted by atomic mass is 35.5. The number of aryl methyl sites for hydroxylation is 1. The van der Waals surface area contributed by atoms with E-state index in [0.717, 1.165) is 16.8 Å². The molecule has 0 fully saturated rings. The number of amides is 1. The van der Waals surface area contributed by atoms with Crippen LogP contribution in [-0.4, -0.2) is 23.5 Å². The van der Waals surface area contributed by atoms with Gasteiger partial charge >= 0.3 is 5.97 Å². The van der Waals surface area contributed by atoms with Gasteiger partial charge in [0.25, 0.3) is 5.91 Å². The lowest BCUT2D eigenvalue weighted by atomic mass is 10.1. The van der Waals surface area contributed by atoms with Crippen LogP contribution in [0.15, 0.2) is 41.8 Å². The average Bonchev–Trinajstić information content (AvgIpc) is 3.11. The number of ether oxygens (including phenoxy) is 1. The quantitative estimate of drug-likeness (QED) is 0.443. The first-order valence-corrected chi connectivity index (χ1v) is 9.71. The maximum atomic E-state index is 12.1. The summed E-state index contributed by atoms with van der Waals surface area (Å²) >= 11 is 13.0. The molecule has 2 aromatic carbocycles. The van der Waals surface area contributed by atoms with Crippen molar-refractivity contribution in [1.29, 1.82) is 0 Å². The SMILES string of the molecule is Cc1ccc(-c2csc(NC(=O)COC(=O)c3cc(Cl)cc(Cl)c3N)n2)cc1. The summed E-state index contributed by atoms with van der Waals surface area (Å²) in [4.78, 5) is 28.5. The van der Waals surface area contributed by atoms with Crippen LogP contribution in [0.5, 0.6) is 0 Å². The van der Waals surface area contributed by atoms with Crippen LogP contribution < -0.4 is 11.1 Å². The molecule has 0 atom stereocenters. The van der Waals surface area contributed by atoms with Crippen molar-refractivity contribution >= 4 is 57.2 Å². The first kappa shape index (κ1) is 20.1. The summed E-state index contributed by atoms with van der Waals surface area (Å²) in [6.45, 7) is 1.50. The third-order valence-electron chi connectivity index (χ3n) is 3.75. The number of nitrogen functional groups attached to an aromatic ring is 1. The van der Waals surface area contributed by atoms with Gasteiger partial charge in [-0.25, -0.2) is 9.78 Å². The molecule has 144 valence electrons. The smallest absolute Gasteiger partial charge is 0.340 e. The molecule has 3 N–H and O–H groups in total. The van der Waals surface area contributed by atoms with Crippen molar-refractivity contribution in [2.24, 2.45) is 0 Å². The van der Waals surface area contributed by atoms with Crippen molar-refractivity contribution in [3.05, 3.63) is 63.0 Å². The lowest BCUT2D eigenvalue weighted by Crippen LogP contribution is -2.21. The van der Waals surface area contributed by atoms with Crippen LogP contribution in [0, 0.1) is 6.92 Å². The van der Waals surface area contributed by atoms with Crippen molar-refractivity contribution in [3.8, 4) is 11.3 Å². The van der Waals surface area contributed by atoms with Crippen LogP contribution in [0.4, 0.5) is 10.8 Å². The molecule has 0 spiro atoms. The van der Waals surface area contributed by atoms with E-state index in [1.807, 2.05) is 36.6 Å². The van der Waals surface area contributed by atoms with Gasteiger partial charge in [-0.05, 0) is 19.1 Å². The molecule has 3 rings (SSSR count).